The lowest BCUT2D eigenvalue weighted by Crippen LogP contribution is -2.31. The average molecular weight is 429 g/mol. The van der Waals surface area contributed by atoms with Gasteiger partial charge in [-0.15, -0.1) is 0 Å². The van der Waals surface area contributed by atoms with Gasteiger partial charge in [0.05, 0.1) is 4.92 Å². The number of esters is 1. The van der Waals surface area contributed by atoms with E-state index in [2.05, 4.69) is 9.97 Å². The summed E-state index contributed by atoms with van der Waals surface area (Å²) < 4.78 is 8.28. The van der Waals surface area contributed by atoms with E-state index in [0.717, 1.165) is 12.8 Å². The van der Waals surface area contributed by atoms with Crippen molar-refractivity contribution in [2.24, 2.45) is 0 Å². The van der Waals surface area contributed by atoms with Crippen LogP contribution in [0.15, 0.2) is 27.8 Å². The third-order valence-corrected chi connectivity index (χ3v) is 5.00. The second kappa shape index (κ2) is 8.94. The van der Waals surface area contributed by atoms with Gasteiger partial charge in [-0.3, -0.25) is 24.5 Å². The largest absolute Gasteiger partial charge is 0.454 e. The van der Waals surface area contributed by atoms with Crippen LogP contribution in [0.3, 0.4) is 0 Å². The fourth-order valence-corrected chi connectivity index (χ4v) is 3.46. The van der Waals surface area contributed by atoms with Crippen molar-refractivity contribution in [1.82, 2.24) is 19.1 Å². The van der Waals surface area contributed by atoms with Crippen LogP contribution in [0.1, 0.15) is 48.4 Å². The number of imidazole rings is 1. The maximum atomic E-state index is 12.6. The van der Waals surface area contributed by atoms with Crippen molar-refractivity contribution >= 4 is 22.8 Å². The average Bonchev–Trinajstić information content (AvgIpc) is 3.10. The first kappa shape index (κ1) is 21.9. The fourth-order valence-electron chi connectivity index (χ4n) is 3.46. The Morgan fingerprint density at radius 1 is 1.26 bits per heavy atom. The molecule has 1 N–H and O–H groups in total. The standard InChI is InChI=1S/C20H23N5O6/c1-4-6-10-24-17-16(18(26)22-20(24)28)23(5-2)14(21-17)11-31-19(27)15-12(3)8-7-9-13(15)25(29)30/h7-9H,4-6,10-11H2,1-3H3,(H,22,26,28). The van der Waals surface area contributed by atoms with E-state index in [1.54, 1.807) is 24.5 Å². The number of fused-ring (bicyclic) bond motifs is 1. The summed E-state index contributed by atoms with van der Waals surface area (Å²) in [6.07, 6.45) is 1.57. The first-order chi connectivity index (χ1) is 14.8. The molecule has 11 heteroatoms. The molecule has 2 aromatic heterocycles. The van der Waals surface area contributed by atoms with Crippen molar-refractivity contribution in [2.75, 3.05) is 0 Å². The predicted octanol–water partition coefficient (Wildman–Crippen LogP) is 2.28. The molecular weight excluding hydrogens is 406 g/mol. The van der Waals surface area contributed by atoms with Crippen LogP contribution in [-0.2, 0) is 24.4 Å². The Balaban J connectivity index is 2.00. The molecule has 0 radical (unpaired) electrons. The number of carbonyl (C=O) groups is 1. The number of aromatic nitrogens is 4. The number of ether oxygens (including phenoxy) is 1. The molecule has 1 aromatic carbocycles. The highest BCUT2D eigenvalue weighted by atomic mass is 16.6. The number of rotatable bonds is 8. The van der Waals surface area contributed by atoms with E-state index < -0.39 is 22.1 Å². The molecule has 0 spiro atoms. The SMILES string of the molecule is CCCCn1c(=O)[nH]c(=O)c2c1nc(COC(=O)c1c(C)cccc1[N+](=O)[O-])n2CC. The number of nitro groups is 1. The maximum absolute atomic E-state index is 12.6. The van der Waals surface area contributed by atoms with Crippen LogP contribution in [0.4, 0.5) is 5.69 Å². The van der Waals surface area contributed by atoms with Gasteiger partial charge in [-0.05, 0) is 25.8 Å². The Morgan fingerprint density at radius 2 is 2.00 bits per heavy atom. The van der Waals surface area contributed by atoms with Crippen LogP contribution in [0.25, 0.3) is 11.2 Å². The minimum atomic E-state index is -0.864. The summed E-state index contributed by atoms with van der Waals surface area (Å²) >= 11 is 0. The third-order valence-electron chi connectivity index (χ3n) is 5.00. The molecule has 0 aliphatic carbocycles. The van der Waals surface area contributed by atoms with Crippen LogP contribution in [0.5, 0.6) is 0 Å². The number of H-pyrrole nitrogens is 1. The Morgan fingerprint density at radius 3 is 2.65 bits per heavy atom. The third kappa shape index (κ3) is 4.11. The van der Waals surface area contributed by atoms with Gasteiger partial charge >= 0.3 is 11.7 Å². The minimum absolute atomic E-state index is 0.135. The van der Waals surface area contributed by atoms with E-state index in [0.29, 0.717) is 18.7 Å². The van der Waals surface area contributed by atoms with E-state index in [-0.39, 0.29) is 34.8 Å². The van der Waals surface area contributed by atoms with Gasteiger partial charge in [0.2, 0.25) is 0 Å². The number of unbranched alkanes of at least 4 members (excludes halogenated alkanes) is 1. The summed E-state index contributed by atoms with van der Waals surface area (Å²) in [5, 5.41) is 11.3. The van der Waals surface area contributed by atoms with Gasteiger partial charge in [-0.25, -0.2) is 14.6 Å². The Hall–Kier alpha value is -3.76. The zero-order valence-corrected chi connectivity index (χ0v) is 17.5. The molecule has 0 bridgehead atoms. The molecule has 3 aromatic rings. The lowest BCUT2D eigenvalue weighted by molar-refractivity contribution is -0.385. The molecule has 0 atom stereocenters. The molecule has 31 heavy (non-hydrogen) atoms. The van der Waals surface area contributed by atoms with E-state index >= 15 is 0 Å². The summed E-state index contributed by atoms with van der Waals surface area (Å²) in [6.45, 7) is 5.78. The second-order valence-electron chi connectivity index (χ2n) is 7.01. The van der Waals surface area contributed by atoms with Gasteiger partial charge in [0.25, 0.3) is 11.2 Å². The summed E-state index contributed by atoms with van der Waals surface area (Å²) in [5.41, 5.74) is -0.764. The Kier molecular flexibility index (Phi) is 6.33. The van der Waals surface area contributed by atoms with E-state index in [4.69, 9.17) is 4.74 Å². The Bertz CT molecular complexity index is 1270. The van der Waals surface area contributed by atoms with Crippen molar-refractivity contribution in [3.8, 4) is 0 Å². The molecule has 0 aliphatic rings. The highest BCUT2D eigenvalue weighted by Gasteiger charge is 2.25. The summed E-state index contributed by atoms with van der Waals surface area (Å²) in [6, 6.07) is 4.30. The molecule has 0 fully saturated rings. The smallest absolute Gasteiger partial charge is 0.345 e. The number of carbonyl (C=O) groups excluding carboxylic acids is 1. The first-order valence-electron chi connectivity index (χ1n) is 9.93. The van der Waals surface area contributed by atoms with Crippen molar-refractivity contribution in [2.45, 2.75) is 53.3 Å². The molecule has 3 rings (SSSR count). The molecule has 2 heterocycles. The molecule has 0 aliphatic heterocycles. The zero-order chi connectivity index (χ0) is 22.7. The van der Waals surface area contributed by atoms with Crippen molar-refractivity contribution in [3.63, 3.8) is 0 Å². The molecule has 0 unspecified atom stereocenters. The molecular formula is C20H23N5O6. The molecule has 164 valence electrons. The van der Waals surface area contributed by atoms with Gasteiger partial charge in [0.1, 0.15) is 18.0 Å². The number of aryl methyl sites for hydroxylation is 3. The van der Waals surface area contributed by atoms with E-state index in [1.165, 1.54) is 16.7 Å². The van der Waals surface area contributed by atoms with Gasteiger partial charge in [-0.2, -0.15) is 0 Å². The second-order valence-corrected chi connectivity index (χ2v) is 7.01. The summed E-state index contributed by atoms with van der Waals surface area (Å²) in [4.78, 5) is 54.7. The number of hydrogen-bond donors (Lipinski definition) is 1. The fraction of sp³-hybridized carbons (Fsp3) is 0.400. The predicted molar refractivity (Wildman–Crippen MR) is 112 cm³/mol. The van der Waals surface area contributed by atoms with E-state index in [9.17, 15) is 24.5 Å². The molecule has 0 saturated heterocycles. The summed E-state index contributed by atoms with van der Waals surface area (Å²) in [7, 11) is 0. The monoisotopic (exact) mass is 429 g/mol. The number of nitro benzene ring substituents is 1. The Labute approximate surface area is 176 Å². The lowest BCUT2D eigenvalue weighted by atomic mass is 10.1. The molecule has 0 amide bonds. The van der Waals surface area contributed by atoms with Gasteiger partial charge in [-0.1, -0.05) is 25.5 Å². The normalized spacial score (nSPS) is 11.1. The van der Waals surface area contributed by atoms with Gasteiger partial charge in [0.15, 0.2) is 11.2 Å². The zero-order valence-electron chi connectivity index (χ0n) is 17.5. The molecule has 0 saturated carbocycles. The van der Waals surface area contributed by atoms with Crippen LogP contribution in [-0.4, -0.2) is 30.0 Å². The van der Waals surface area contributed by atoms with Crippen LogP contribution in [0, 0.1) is 17.0 Å². The number of hydrogen-bond acceptors (Lipinski definition) is 7. The highest BCUT2D eigenvalue weighted by Crippen LogP contribution is 2.23. The number of benzene rings is 1. The minimum Gasteiger partial charge on any atom is -0.454 e. The van der Waals surface area contributed by atoms with Gasteiger partial charge in [0, 0.05) is 19.2 Å². The quantitative estimate of drug-likeness (QED) is 0.329. The van der Waals surface area contributed by atoms with Crippen molar-refractivity contribution in [1.29, 1.82) is 0 Å². The number of aromatic amines is 1. The van der Waals surface area contributed by atoms with Crippen molar-refractivity contribution < 1.29 is 14.5 Å². The first-order valence-corrected chi connectivity index (χ1v) is 9.93. The number of nitrogens with one attached hydrogen (secondary N) is 1. The van der Waals surface area contributed by atoms with E-state index in [1.807, 2.05) is 6.92 Å². The van der Waals surface area contributed by atoms with Crippen LogP contribution < -0.4 is 11.2 Å². The lowest BCUT2D eigenvalue weighted by Gasteiger charge is -2.09. The maximum Gasteiger partial charge on any atom is 0.345 e. The van der Waals surface area contributed by atoms with Crippen LogP contribution >= 0.6 is 0 Å². The molecule has 11 nitrogen and oxygen atoms in total. The summed E-state index contributed by atoms with van der Waals surface area (Å²) in [5.74, 6) is -0.597. The van der Waals surface area contributed by atoms with Crippen LogP contribution in [0.2, 0.25) is 0 Å². The van der Waals surface area contributed by atoms with Gasteiger partial charge < -0.3 is 9.30 Å². The van der Waals surface area contributed by atoms with Crippen molar-refractivity contribution in [3.05, 3.63) is 66.1 Å². The topological polar surface area (TPSA) is 142 Å². The highest BCUT2D eigenvalue weighted by molar-refractivity contribution is 5.95. The number of nitrogens with zero attached hydrogens (tertiary/aromatic N) is 4.